The molecule has 0 amide bonds. The fraction of sp³-hybridized carbons (Fsp3) is 0.467. The lowest BCUT2D eigenvalue weighted by Gasteiger charge is -2.31. The van der Waals surface area contributed by atoms with E-state index >= 15 is 0 Å². The van der Waals surface area contributed by atoms with Gasteiger partial charge in [0.05, 0.1) is 6.26 Å². The average Bonchev–Trinajstić information content (AvgIpc) is 2.85. The Morgan fingerprint density at radius 1 is 1.44 bits per heavy atom. The Hall–Kier alpha value is -1.35. The minimum Gasteiger partial charge on any atom is -0.464 e. The molecule has 0 unspecified atom stereocenters. The van der Waals surface area contributed by atoms with Gasteiger partial charge in [0.15, 0.2) is 0 Å². The summed E-state index contributed by atoms with van der Waals surface area (Å²) in [6.45, 7) is 4.21. The molecule has 1 saturated heterocycles. The van der Waals surface area contributed by atoms with Crippen molar-refractivity contribution in [3.8, 4) is 0 Å². The summed E-state index contributed by atoms with van der Waals surface area (Å²) >= 11 is 0. The number of hydrogen-bond acceptors (Lipinski definition) is 2. The van der Waals surface area contributed by atoms with E-state index in [0.717, 1.165) is 42.5 Å². The smallest absolute Gasteiger partial charge is 0.137 e. The van der Waals surface area contributed by atoms with Gasteiger partial charge < -0.3 is 9.73 Å². The molecule has 1 aromatic heterocycles. The maximum Gasteiger partial charge on any atom is 0.137 e. The summed E-state index contributed by atoms with van der Waals surface area (Å²) in [6.07, 6.45) is 3.81. The topological polar surface area (TPSA) is 25.2 Å². The van der Waals surface area contributed by atoms with Gasteiger partial charge in [-0.05, 0) is 49.5 Å². The van der Waals surface area contributed by atoms with Crippen LogP contribution in [-0.4, -0.2) is 13.1 Å². The van der Waals surface area contributed by atoms with Gasteiger partial charge in [-0.3, -0.25) is 0 Å². The lowest BCUT2D eigenvalue weighted by Crippen LogP contribution is -2.35. The molecule has 1 aliphatic heterocycles. The van der Waals surface area contributed by atoms with Crippen molar-refractivity contribution in [3.63, 3.8) is 0 Å². The van der Waals surface area contributed by atoms with Crippen molar-refractivity contribution in [3.05, 3.63) is 35.8 Å². The van der Waals surface area contributed by atoms with Crippen molar-refractivity contribution in [1.82, 2.24) is 5.32 Å². The van der Waals surface area contributed by atoms with Gasteiger partial charge in [-0.15, -0.1) is 0 Å². The number of nitrogens with one attached hydrogen (secondary N) is 1. The predicted octanol–water partition coefficient (Wildman–Crippen LogP) is 3.68. The Labute approximate surface area is 106 Å². The largest absolute Gasteiger partial charge is 0.464 e. The summed E-state index contributed by atoms with van der Waals surface area (Å²) in [5, 5.41) is 4.29. The Bertz CT molecular complexity index is 548. The van der Waals surface area contributed by atoms with Crippen molar-refractivity contribution < 1.29 is 8.81 Å². The molecule has 2 atom stereocenters. The molecule has 2 aromatic rings. The third kappa shape index (κ3) is 1.93. The summed E-state index contributed by atoms with van der Waals surface area (Å²) in [7, 11) is 0. The minimum absolute atomic E-state index is 0.160. The van der Waals surface area contributed by atoms with Crippen LogP contribution >= 0.6 is 0 Å². The third-order valence-electron chi connectivity index (χ3n) is 4.08. The maximum absolute atomic E-state index is 13.7. The molecule has 2 nitrogen and oxygen atoms in total. The van der Waals surface area contributed by atoms with Gasteiger partial charge >= 0.3 is 0 Å². The minimum atomic E-state index is -0.160. The van der Waals surface area contributed by atoms with E-state index in [1.807, 2.05) is 6.07 Å². The molecular formula is C15H18FNO. The van der Waals surface area contributed by atoms with Crippen LogP contribution in [0.25, 0.3) is 11.0 Å². The van der Waals surface area contributed by atoms with Crippen molar-refractivity contribution in [2.24, 2.45) is 5.92 Å². The van der Waals surface area contributed by atoms with Gasteiger partial charge in [0.1, 0.15) is 11.4 Å². The first kappa shape index (κ1) is 11.7. The zero-order chi connectivity index (χ0) is 12.5. The molecule has 1 aromatic carbocycles. The van der Waals surface area contributed by atoms with E-state index in [1.165, 1.54) is 0 Å². The van der Waals surface area contributed by atoms with Crippen LogP contribution in [0.2, 0.25) is 0 Å². The van der Waals surface area contributed by atoms with Gasteiger partial charge in [-0.25, -0.2) is 4.39 Å². The van der Waals surface area contributed by atoms with Gasteiger partial charge in [-0.2, -0.15) is 0 Å². The van der Waals surface area contributed by atoms with E-state index in [2.05, 4.69) is 12.2 Å². The number of halogens is 1. The summed E-state index contributed by atoms with van der Waals surface area (Å²) in [5.41, 5.74) is 1.91. The molecule has 0 bridgehead atoms. The fourth-order valence-electron chi connectivity index (χ4n) is 3.11. The maximum atomic E-state index is 13.7. The molecule has 1 aliphatic rings. The highest BCUT2D eigenvalue weighted by Crippen LogP contribution is 2.37. The van der Waals surface area contributed by atoms with E-state index < -0.39 is 0 Å². The molecule has 0 aliphatic carbocycles. The fourth-order valence-corrected chi connectivity index (χ4v) is 3.11. The summed E-state index contributed by atoms with van der Waals surface area (Å²) in [4.78, 5) is 0. The van der Waals surface area contributed by atoms with Crippen LogP contribution < -0.4 is 5.32 Å². The number of rotatable bonds is 2. The Morgan fingerprint density at radius 3 is 3.17 bits per heavy atom. The lowest BCUT2D eigenvalue weighted by atomic mass is 9.79. The zero-order valence-electron chi connectivity index (χ0n) is 10.6. The molecule has 1 fully saturated rings. The second kappa shape index (κ2) is 4.73. The summed E-state index contributed by atoms with van der Waals surface area (Å²) in [6, 6.07) is 5.04. The van der Waals surface area contributed by atoms with Crippen LogP contribution in [0.15, 0.2) is 28.9 Å². The average molecular weight is 247 g/mol. The van der Waals surface area contributed by atoms with Crippen LogP contribution in [0.4, 0.5) is 4.39 Å². The summed E-state index contributed by atoms with van der Waals surface area (Å²) in [5.74, 6) is 0.807. The number of fused-ring (bicyclic) bond motifs is 1. The van der Waals surface area contributed by atoms with Crippen molar-refractivity contribution in [2.75, 3.05) is 13.1 Å². The predicted molar refractivity (Wildman–Crippen MR) is 70.2 cm³/mol. The molecule has 96 valence electrons. The first-order chi connectivity index (χ1) is 8.79. The molecule has 1 N–H and O–H groups in total. The van der Waals surface area contributed by atoms with E-state index in [0.29, 0.717) is 11.8 Å². The number of hydrogen-bond donors (Lipinski definition) is 1. The standard InChI is InChI=1S/C15H18FNO/c1-2-10-9-17-5-3-13(10)14-8-12(16)7-11-4-6-18-15(11)14/h4,6-8,10,13,17H,2-3,5,9H2,1H3/t10-,13+/m1/s1. The Morgan fingerprint density at radius 2 is 2.33 bits per heavy atom. The molecule has 0 saturated carbocycles. The van der Waals surface area contributed by atoms with Crippen molar-refractivity contribution in [1.29, 1.82) is 0 Å². The normalized spacial score (nSPS) is 24.6. The molecule has 0 radical (unpaired) electrons. The van der Waals surface area contributed by atoms with Crippen LogP contribution in [0.3, 0.4) is 0 Å². The van der Waals surface area contributed by atoms with Crippen molar-refractivity contribution in [2.45, 2.75) is 25.7 Å². The highest BCUT2D eigenvalue weighted by molar-refractivity contribution is 5.81. The number of furan rings is 1. The highest BCUT2D eigenvalue weighted by Gasteiger charge is 2.27. The lowest BCUT2D eigenvalue weighted by molar-refractivity contribution is 0.317. The molecule has 18 heavy (non-hydrogen) atoms. The monoisotopic (exact) mass is 247 g/mol. The van der Waals surface area contributed by atoms with Gasteiger partial charge in [0.2, 0.25) is 0 Å². The van der Waals surface area contributed by atoms with E-state index in [-0.39, 0.29) is 5.82 Å². The van der Waals surface area contributed by atoms with Crippen LogP contribution in [0.5, 0.6) is 0 Å². The molecule has 0 spiro atoms. The molecule has 3 heteroatoms. The molecule has 3 rings (SSSR count). The quantitative estimate of drug-likeness (QED) is 0.875. The van der Waals surface area contributed by atoms with Gasteiger partial charge in [0.25, 0.3) is 0 Å². The highest BCUT2D eigenvalue weighted by atomic mass is 19.1. The number of benzene rings is 1. The second-order valence-corrected chi connectivity index (χ2v) is 5.10. The SMILES string of the molecule is CC[C@@H]1CNCC[C@@H]1c1cc(F)cc2ccoc12. The van der Waals surface area contributed by atoms with Gasteiger partial charge in [0, 0.05) is 10.9 Å². The molecular weight excluding hydrogens is 229 g/mol. The van der Waals surface area contributed by atoms with E-state index in [1.54, 1.807) is 18.4 Å². The van der Waals surface area contributed by atoms with E-state index in [9.17, 15) is 4.39 Å². The van der Waals surface area contributed by atoms with Crippen molar-refractivity contribution >= 4 is 11.0 Å². The zero-order valence-corrected chi connectivity index (χ0v) is 10.6. The van der Waals surface area contributed by atoms with E-state index in [4.69, 9.17) is 4.42 Å². The van der Waals surface area contributed by atoms with Crippen LogP contribution in [-0.2, 0) is 0 Å². The number of piperidine rings is 1. The molecule has 2 heterocycles. The Balaban J connectivity index is 2.08. The van der Waals surface area contributed by atoms with Crippen LogP contribution in [0.1, 0.15) is 31.2 Å². The Kier molecular flexibility index (Phi) is 3.08. The second-order valence-electron chi connectivity index (χ2n) is 5.10. The first-order valence-corrected chi connectivity index (χ1v) is 6.67. The van der Waals surface area contributed by atoms with Gasteiger partial charge in [-0.1, -0.05) is 13.3 Å². The van der Waals surface area contributed by atoms with Crippen LogP contribution in [0, 0.1) is 11.7 Å². The first-order valence-electron chi connectivity index (χ1n) is 6.67. The summed E-state index contributed by atoms with van der Waals surface area (Å²) < 4.78 is 19.3. The third-order valence-corrected chi connectivity index (χ3v) is 4.08.